The Morgan fingerprint density at radius 1 is 0.469 bits per heavy atom. The van der Waals surface area contributed by atoms with Gasteiger partial charge in [0.05, 0.1) is 0 Å². The standard InChI is InChI=1S/C26H50O6/c1-25(2,3)21-17-13-9-7-11-15-19-23(27)29-31-32-30-24(28)20-16-12-8-10-14-18-22-26(4,5)6/h7-22H2,1-6H3. The van der Waals surface area contributed by atoms with Gasteiger partial charge in [0.15, 0.2) is 0 Å². The molecular formula is C26H50O6. The van der Waals surface area contributed by atoms with Crippen molar-refractivity contribution in [2.45, 2.75) is 144 Å². The lowest BCUT2D eigenvalue weighted by atomic mass is 9.89. The van der Waals surface area contributed by atoms with Crippen molar-refractivity contribution in [3.63, 3.8) is 0 Å². The van der Waals surface area contributed by atoms with E-state index in [0.29, 0.717) is 10.8 Å². The summed E-state index contributed by atoms with van der Waals surface area (Å²) < 4.78 is 0. The van der Waals surface area contributed by atoms with Gasteiger partial charge in [-0.2, -0.15) is 0 Å². The molecule has 0 rings (SSSR count). The van der Waals surface area contributed by atoms with Crippen molar-refractivity contribution in [2.24, 2.45) is 10.8 Å². The molecule has 0 aromatic carbocycles. The monoisotopic (exact) mass is 458 g/mol. The molecule has 0 spiro atoms. The van der Waals surface area contributed by atoms with Gasteiger partial charge in [0.2, 0.25) is 0 Å². The summed E-state index contributed by atoms with van der Waals surface area (Å²) in [5.41, 5.74) is 0.817. The quantitative estimate of drug-likeness (QED) is 0.110. The minimum atomic E-state index is -0.528. The van der Waals surface area contributed by atoms with E-state index in [1.165, 1.54) is 51.4 Å². The number of unbranched alkanes of at least 4 members (excludes halogenated alkanes) is 10. The molecule has 0 atom stereocenters. The lowest BCUT2D eigenvalue weighted by Crippen LogP contribution is -2.10. The third-order valence-corrected chi connectivity index (χ3v) is 5.40. The van der Waals surface area contributed by atoms with E-state index in [4.69, 9.17) is 0 Å². The molecular weight excluding hydrogens is 408 g/mol. The summed E-state index contributed by atoms with van der Waals surface area (Å²) in [5, 5.41) is 8.43. The Morgan fingerprint density at radius 2 is 0.750 bits per heavy atom. The Hall–Kier alpha value is -1.14. The summed E-state index contributed by atoms with van der Waals surface area (Å²) in [7, 11) is 0. The molecule has 190 valence electrons. The van der Waals surface area contributed by atoms with Gasteiger partial charge in [0.1, 0.15) is 0 Å². The summed E-state index contributed by atoms with van der Waals surface area (Å²) in [5.74, 6) is -1.06. The van der Waals surface area contributed by atoms with Gasteiger partial charge in [-0.3, -0.25) is 9.78 Å². The molecule has 0 heterocycles. The van der Waals surface area contributed by atoms with E-state index in [0.717, 1.165) is 38.5 Å². The predicted octanol–water partition coefficient (Wildman–Crippen LogP) is 8.18. The molecule has 0 aliphatic heterocycles. The maximum absolute atomic E-state index is 11.5. The summed E-state index contributed by atoms with van der Waals surface area (Å²) in [4.78, 5) is 32.0. The van der Waals surface area contributed by atoms with Gasteiger partial charge in [-0.1, -0.05) is 106 Å². The van der Waals surface area contributed by atoms with Crippen LogP contribution in [0.4, 0.5) is 0 Å². The first-order valence-corrected chi connectivity index (χ1v) is 12.7. The molecule has 0 N–H and O–H groups in total. The third kappa shape index (κ3) is 25.1. The topological polar surface area (TPSA) is 71.1 Å². The minimum Gasteiger partial charge on any atom is -0.266 e. The maximum atomic E-state index is 11.5. The molecule has 0 aromatic rings. The van der Waals surface area contributed by atoms with Crippen molar-refractivity contribution in [1.82, 2.24) is 0 Å². The molecule has 0 aromatic heterocycles. The Bertz CT molecular complexity index is 432. The van der Waals surface area contributed by atoms with Crippen LogP contribution in [0.1, 0.15) is 144 Å². The highest BCUT2D eigenvalue weighted by Gasteiger charge is 2.11. The van der Waals surface area contributed by atoms with Gasteiger partial charge in [-0.05, 0) is 36.5 Å². The average molecular weight is 459 g/mol. The molecule has 0 bridgehead atoms. The normalized spacial score (nSPS) is 12.1. The number of carbonyl (C=O) groups is 2. The van der Waals surface area contributed by atoms with E-state index in [2.05, 4.69) is 61.4 Å². The van der Waals surface area contributed by atoms with Crippen LogP contribution in [0, 0.1) is 10.8 Å². The second-order valence-electron chi connectivity index (χ2n) is 11.4. The van der Waals surface area contributed by atoms with Crippen molar-refractivity contribution < 1.29 is 29.4 Å². The molecule has 0 saturated carbocycles. The highest BCUT2D eigenvalue weighted by atomic mass is 17.7. The zero-order valence-corrected chi connectivity index (χ0v) is 21.8. The number of rotatable bonds is 19. The molecule has 0 fully saturated rings. The van der Waals surface area contributed by atoms with Crippen LogP contribution in [-0.4, -0.2) is 11.9 Å². The lowest BCUT2D eigenvalue weighted by molar-refractivity contribution is -0.600. The van der Waals surface area contributed by atoms with Gasteiger partial charge in [0.25, 0.3) is 0 Å². The molecule has 6 heteroatoms. The van der Waals surface area contributed by atoms with Crippen LogP contribution >= 0.6 is 0 Å². The first-order chi connectivity index (χ1) is 15.0. The number of hydrogen-bond donors (Lipinski definition) is 0. The fourth-order valence-electron chi connectivity index (χ4n) is 3.45. The molecule has 0 unspecified atom stereocenters. The molecule has 0 saturated heterocycles. The van der Waals surface area contributed by atoms with Gasteiger partial charge in [-0.15, -0.1) is 0 Å². The van der Waals surface area contributed by atoms with Crippen molar-refractivity contribution in [3.8, 4) is 0 Å². The largest absolute Gasteiger partial charge is 0.345 e. The summed E-state index contributed by atoms with van der Waals surface area (Å²) >= 11 is 0. The van der Waals surface area contributed by atoms with Crippen LogP contribution in [-0.2, 0) is 29.4 Å². The fourth-order valence-corrected chi connectivity index (χ4v) is 3.45. The van der Waals surface area contributed by atoms with Crippen molar-refractivity contribution in [2.75, 3.05) is 0 Å². The molecule has 0 aliphatic rings. The first-order valence-electron chi connectivity index (χ1n) is 12.7. The van der Waals surface area contributed by atoms with E-state index in [1.807, 2.05) is 0 Å². The Kier molecular flexibility index (Phi) is 17.7. The van der Waals surface area contributed by atoms with E-state index in [-0.39, 0.29) is 12.8 Å². The Balaban J connectivity index is 3.39. The molecule has 0 aliphatic carbocycles. The second-order valence-corrected chi connectivity index (χ2v) is 11.4. The van der Waals surface area contributed by atoms with E-state index in [1.54, 1.807) is 0 Å². The number of hydrogen-bond acceptors (Lipinski definition) is 6. The first kappa shape index (κ1) is 30.9. The highest BCUT2D eigenvalue weighted by Crippen LogP contribution is 2.23. The second kappa shape index (κ2) is 18.3. The van der Waals surface area contributed by atoms with Crippen molar-refractivity contribution >= 4 is 11.9 Å². The van der Waals surface area contributed by atoms with Crippen LogP contribution < -0.4 is 0 Å². The zero-order chi connectivity index (χ0) is 24.3. The van der Waals surface area contributed by atoms with Crippen LogP contribution in [0.3, 0.4) is 0 Å². The molecule has 32 heavy (non-hydrogen) atoms. The van der Waals surface area contributed by atoms with Crippen LogP contribution in [0.15, 0.2) is 0 Å². The molecule has 0 amide bonds. The third-order valence-electron chi connectivity index (χ3n) is 5.40. The maximum Gasteiger partial charge on any atom is 0.345 e. The summed E-state index contributed by atoms with van der Waals surface area (Å²) in [6.07, 6.45) is 16.1. The highest BCUT2D eigenvalue weighted by molar-refractivity contribution is 5.68. The van der Waals surface area contributed by atoms with Crippen LogP contribution in [0.5, 0.6) is 0 Å². The average Bonchev–Trinajstić information content (AvgIpc) is 2.67. The zero-order valence-electron chi connectivity index (χ0n) is 21.8. The predicted molar refractivity (Wildman–Crippen MR) is 127 cm³/mol. The Morgan fingerprint density at radius 3 is 1.06 bits per heavy atom. The van der Waals surface area contributed by atoms with Crippen molar-refractivity contribution in [3.05, 3.63) is 0 Å². The van der Waals surface area contributed by atoms with Crippen LogP contribution in [0.2, 0.25) is 0 Å². The minimum absolute atomic E-state index is 0.259. The smallest absolute Gasteiger partial charge is 0.266 e. The van der Waals surface area contributed by atoms with E-state index < -0.39 is 11.9 Å². The van der Waals surface area contributed by atoms with Gasteiger partial charge in [-0.25, -0.2) is 9.59 Å². The number of carbonyl (C=O) groups excluding carboxylic acids is 2. The van der Waals surface area contributed by atoms with E-state index >= 15 is 0 Å². The molecule has 0 radical (unpaired) electrons. The fraction of sp³-hybridized carbons (Fsp3) is 0.923. The van der Waals surface area contributed by atoms with Gasteiger partial charge in [0, 0.05) is 22.9 Å². The van der Waals surface area contributed by atoms with Gasteiger partial charge < -0.3 is 0 Å². The van der Waals surface area contributed by atoms with Crippen molar-refractivity contribution in [1.29, 1.82) is 0 Å². The summed E-state index contributed by atoms with van der Waals surface area (Å²) in [6, 6.07) is 0. The van der Waals surface area contributed by atoms with Gasteiger partial charge >= 0.3 is 11.9 Å². The SMILES string of the molecule is CC(C)(C)CCCCCCCCC(=O)OOOOC(=O)CCCCCCCCC(C)(C)C. The Labute approximate surface area is 196 Å². The lowest BCUT2D eigenvalue weighted by Gasteiger charge is -2.17. The summed E-state index contributed by atoms with van der Waals surface area (Å²) in [6.45, 7) is 13.6. The van der Waals surface area contributed by atoms with Crippen LogP contribution in [0.25, 0.3) is 0 Å². The molecule has 6 nitrogen and oxygen atoms in total. The van der Waals surface area contributed by atoms with E-state index in [9.17, 15) is 9.59 Å².